The van der Waals surface area contributed by atoms with Crippen molar-refractivity contribution in [2.24, 2.45) is 4.99 Å². The van der Waals surface area contributed by atoms with Crippen molar-refractivity contribution in [3.8, 4) is 5.75 Å². The molecule has 0 aliphatic heterocycles. The maximum atomic E-state index is 5.86. The second kappa shape index (κ2) is 15.2. The van der Waals surface area contributed by atoms with Gasteiger partial charge in [-0.15, -0.1) is 24.0 Å². The quantitative estimate of drug-likeness (QED) is 0.228. The zero-order chi connectivity index (χ0) is 17.6. The highest BCUT2D eigenvalue weighted by molar-refractivity contribution is 14.0. The van der Waals surface area contributed by atoms with E-state index in [1.54, 1.807) is 14.2 Å². The summed E-state index contributed by atoms with van der Waals surface area (Å²) in [5, 5.41) is 6.57. The summed E-state index contributed by atoms with van der Waals surface area (Å²) in [6, 6.07) is 6.22. The molecule has 7 heteroatoms. The smallest absolute Gasteiger partial charge is 0.191 e. The van der Waals surface area contributed by atoms with E-state index < -0.39 is 0 Å². The number of aliphatic imine (C=N–C) groups is 1. The minimum atomic E-state index is 0. The molecule has 0 unspecified atom stereocenters. The first-order valence-electron chi connectivity index (χ1n) is 8.44. The number of benzene rings is 1. The zero-order valence-corrected chi connectivity index (χ0v) is 18.1. The third-order valence-corrected chi connectivity index (χ3v) is 3.40. The maximum absolute atomic E-state index is 5.86. The highest BCUT2D eigenvalue weighted by atomic mass is 127. The number of ether oxygens (including phenoxy) is 3. The molecule has 25 heavy (non-hydrogen) atoms. The number of nitrogens with one attached hydrogen (secondary N) is 2. The number of halogens is 1. The number of rotatable bonds is 11. The van der Waals surface area contributed by atoms with Crippen LogP contribution in [0.4, 0.5) is 0 Å². The molecule has 0 aliphatic carbocycles. The molecule has 2 N–H and O–H groups in total. The average molecular weight is 465 g/mol. The first-order chi connectivity index (χ1) is 11.7. The zero-order valence-electron chi connectivity index (χ0n) is 15.8. The molecule has 0 saturated carbocycles. The minimum Gasteiger partial charge on any atom is -0.491 e. The van der Waals surface area contributed by atoms with Crippen LogP contribution in [0, 0.1) is 6.92 Å². The fraction of sp³-hybridized carbons (Fsp3) is 0.611. The molecule has 0 bridgehead atoms. The number of hydrogen-bond donors (Lipinski definition) is 2. The molecular formula is C18H32IN3O3. The molecule has 144 valence electrons. The number of nitrogens with zero attached hydrogens (tertiary/aromatic N) is 1. The Morgan fingerprint density at radius 3 is 2.64 bits per heavy atom. The van der Waals surface area contributed by atoms with Crippen LogP contribution < -0.4 is 15.4 Å². The van der Waals surface area contributed by atoms with Crippen molar-refractivity contribution in [3.63, 3.8) is 0 Å². The first kappa shape index (κ1) is 23.9. The lowest BCUT2D eigenvalue weighted by Crippen LogP contribution is -2.37. The minimum absolute atomic E-state index is 0. The van der Waals surface area contributed by atoms with E-state index in [1.807, 2.05) is 6.92 Å². The van der Waals surface area contributed by atoms with Gasteiger partial charge in [-0.25, -0.2) is 0 Å². The Morgan fingerprint density at radius 1 is 1.16 bits per heavy atom. The molecule has 0 amide bonds. The van der Waals surface area contributed by atoms with Crippen molar-refractivity contribution in [1.82, 2.24) is 10.6 Å². The van der Waals surface area contributed by atoms with Crippen LogP contribution in [0.25, 0.3) is 0 Å². The number of aryl methyl sites for hydroxylation is 1. The molecule has 0 spiro atoms. The van der Waals surface area contributed by atoms with Crippen LogP contribution in [-0.4, -0.2) is 53.1 Å². The van der Waals surface area contributed by atoms with E-state index in [9.17, 15) is 0 Å². The van der Waals surface area contributed by atoms with Gasteiger partial charge in [0.25, 0.3) is 0 Å². The topological polar surface area (TPSA) is 64.1 Å². The lowest BCUT2D eigenvalue weighted by molar-refractivity contribution is 0.110. The molecular weight excluding hydrogens is 433 g/mol. The van der Waals surface area contributed by atoms with Gasteiger partial charge in [0, 0.05) is 46.0 Å². The predicted octanol–water partition coefficient (Wildman–Crippen LogP) is 2.73. The normalized spacial score (nSPS) is 11.0. The van der Waals surface area contributed by atoms with Crippen LogP contribution in [0.2, 0.25) is 0 Å². The number of guanidine groups is 1. The summed E-state index contributed by atoms with van der Waals surface area (Å²) >= 11 is 0. The van der Waals surface area contributed by atoms with E-state index in [0.717, 1.165) is 36.8 Å². The molecule has 0 radical (unpaired) electrons. The second-order valence-electron chi connectivity index (χ2n) is 5.36. The van der Waals surface area contributed by atoms with Gasteiger partial charge in [-0.05, 0) is 31.9 Å². The monoisotopic (exact) mass is 465 g/mol. The molecule has 0 atom stereocenters. The molecule has 0 saturated heterocycles. The first-order valence-corrected chi connectivity index (χ1v) is 8.44. The van der Waals surface area contributed by atoms with Gasteiger partial charge in [-0.1, -0.05) is 12.1 Å². The summed E-state index contributed by atoms with van der Waals surface area (Å²) in [6.45, 7) is 8.09. The van der Waals surface area contributed by atoms with Gasteiger partial charge >= 0.3 is 0 Å². The number of hydrogen-bond acceptors (Lipinski definition) is 4. The molecule has 0 aromatic heterocycles. The third kappa shape index (κ3) is 10.5. The average Bonchev–Trinajstić information content (AvgIpc) is 2.59. The van der Waals surface area contributed by atoms with E-state index in [-0.39, 0.29) is 24.0 Å². The largest absolute Gasteiger partial charge is 0.491 e. The van der Waals surface area contributed by atoms with E-state index in [0.29, 0.717) is 26.4 Å². The van der Waals surface area contributed by atoms with E-state index in [1.165, 1.54) is 5.56 Å². The van der Waals surface area contributed by atoms with Crippen LogP contribution >= 0.6 is 24.0 Å². The third-order valence-electron chi connectivity index (χ3n) is 3.40. The van der Waals surface area contributed by atoms with Crippen LogP contribution in [0.3, 0.4) is 0 Å². The van der Waals surface area contributed by atoms with Gasteiger partial charge in [0.2, 0.25) is 0 Å². The Hall–Kier alpha value is -1.06. The van der Waals surface area contributed by atoms with Gasteiger partial charge in [-0.2, -0.15) is 0 Å². The molecule has 1 aromatic carbocycles. The van der Waals surface area contributed by atoms with Gasteiger partial charge in [-0.3, -0.25) is 4.99 Å². The molecule has 0 aliphatic rings. The van der Waals surface area contributed by atoms with E-state index >= 15 is 0 Å². The molecule has 1 rings (SSSR count). The summed E-state index contributed by atoms with van der Waals surface area (Å²) in [7, 11) is 3.47. The van der Waals surface area contributed by atoms with Crippen molar-refractivity contribution in [1.29, 1.82) is 0 Å². The fourth-order valence-corrected chi connectivity index (χ4v) is 2.12. The van der Waals surface area contributed by atoms with Gasteiger partial charge in [0.15, 0.2) is 5.96 Å². The summed E-state index contributed by atoms with van der Waals surface area (Å²) in [5.41, 5.74) is 2.27. The lowest BCUT2D eigenvalue weighted by Gasteiger charge is -2.15. The predicted molar refractivity (Wildman–Crippen MR) is 113 cm³/mol. The highest BCUT2D eigenvalue weighted by Gasteiger charge is 2.06. The summed E-state index contributed by atoms with van der Waals surface area (Å²) in [4.78, 5) is 4.23. The molecule has 0 heterocycles. The fourth-order valence-electron chi connectivity index (χ4n) is 2.12. The Kier molecular flexibility index (Phi) is 14.6. The Bertz CT molecular complexity index is 498. The van der Waals surface area contributed by atoms with Gasteiger partial charge < -0.3 is 24.8 Å². The van der Waals surface area contributed by atoms with Crippen LogP contribution in [0.1, 0.15) is 24.5 Å². The Balaban J connectivity index is 0.00000576. The highest BCUT2D eigenvalue weighted by Crippen LogP contribution is 2.20. The van der Waals surface area contributed by atoms with Gasteiger partial charge in [0.1, 0.15) is 12.4 Å². The van der Waals surface area contributed by atoms with Crippen molar-refractivity contribution in [2.75, 3.05) is 47.1 Å². The number of methoxy groups -OCH3 is 1. The molecule has 6 nitrogen and oxygen atoms in total. The molecule has 0 fully saturated rings. The van der Waals surface area contributed by atoms with Crippen molar-refractivity contribution >= 4 is 29.9 Å². The summed E-state index contributed by atoms with van der Waals surface area (Å²) < 4.78 is 16.2. The van der Waals surface area contributed by atoms with Crippen molar-refractivity contribution in [3.05, 3.63) is 29.3 Å². The van der Waals surface area contributed by atoms with Crippen molar-refractivity contribution < 1.29 is 14.2 Å². The SMILES string of the molecule is CCOCCOc1cc(C)ccc1CNC(=NC)NCCCOC.I. The Labute approximate surface area is 168 Å². The van der Waals surface area contributed by atoms with Gasteiger partial charge in [0.05, 0.1) is 6.61 Å². The van der Waals surface area contributed by atoms with Crippen LogP contribution in [0.15, 0.2) is 23.2 Å². The van der Waals surface area contributed by atoms with E-state index in [4.69, 9.17) is 14.2 Å². The lowest BCUT2D eigenvalue weighted by atomic mass is 10.1. The Morgan fingerprint density at radius 2 is 1.96 bits per heavy atom. The second-order valence-corrected chi connectivity index (χ2v) is 5.36. The molecule has 1 aromatic rings. The van der Waals surface area contributed by atoms with Crippen LogP contribution in [-0.2, 0) is 16.0 Å². The maximum Gasteiger partial charge on any atom is 0.191 e. The van der Waals surface area contributed by atoms with Crippen LogP contribution in [0.5, 0.6) is 5.75 Å². The summed E-state index contributed by atoms with van der Waals surface area (Å²) in [6.07, 6.45) is 0.938. The standard InChI is InChI=1S/C18H31N3O3.HI/c1-5-23-11-12-24-17-13-15(2)7-8-16(17)14-21-18(19-3)20-9-6-10-22-4;/h7-8,13H,5-6,9-12,14H2,1-4H3,(H2,19,20,21);1H. The van der Waals surface area contributed by atoms with E-state index in [2.05, 4.69) is 40.7 Å². The summed E-state index contributed by atoms with van der Waals surface area (Å²) in [5.74, 6) is 1.66. The van der Waals surface area contributed by atoms with Crippen molar-refractivity contribution in [2.45, 2.75) is 26.8 Å².